The van der Waals surface area contributed by atoms with E-state index in [4.69, 9.17) is 10.5 Å². The molecule has 1 aliphatic heterocycles. The molecule has 1 atom stereocenters. The van der Waals surface area contributed by atoms with Crippen molar-refractivity contribution in [2.24, 2.45) is 0 Å². The van der Waals surface area contributed by atoms with Crippen LogP contribution in [0.2, 0.25) is 0 Å². The zero-order valence-corrected chi connectivity index (χ0v) is 13.4. The molecular weight excluding hydrogens is 284 g/mol. The molecule has 4 nitrogen and oxygen atoms in total. The number of hydrogen-bond acceptors (Lipinski definition) is 4. The van der Waals surface area contributed by atoms with Crippen molar-refractivity contribution >= 4 is 29.0 Å². The number of hydrogen-bond donors (Lipinski definition) is 2. The lowest BCUT2D eigenvalue weighted by molar-refractivity contribution is -0.116. The van der Waals surface area contributed by atoms with Gasteiger partial charge in [0.2, 0.25) is 5.91 Å². The first-order chi connectivity index (χ1) is 10.1. The van der Waals surface area contributed by atoms with Crippen LogP contribution in [0.4, 0.5) is 11.4 Å². The Labute approximate surface area is 130 Å². The van der Waals surface area contributed by atoms with E-state index in [0.717, 1.165) is 35.8 Å². The first kappa shape index (κ1) is 16.2. The van der Waals surface area contributed by atoms with E-state index in [1.165, 1.54) is 12.8 Å². The summed E-state index contributed by atoms with van der Waals surface area (Å²) >= 11 is 1.88. The van der Waals surface area contributed by atoms with Gasteiger partial charge in [0.05, 0.1) is 6.10 Å². The molecule has 0 spiro atoms. The fourth-order valence-electron chi connectivity index (χ4n) is 2.31. The minimum atomic E-state index is 0.0569. The van der Waals surface area contributed by atoms with Crippen molar-refractivity contribution in [1.29, 1.82) is 0 Å². The number of nitrogens with two attached hydrogens (primary N) is 1. The van der Waals surface area contributed by atoms with E-state index in [1.807, 2.05) is 30.8 Å². The molecule has 1 amide bonds. The molecule has 0 saturated carbocycles. The Morgan fingerprint density at radius 1 is 1.52 bits per heavy atom. The third kappa shape index (κ3) is 5.59. The van der Waals surface area contributed by atoms with Gasteiger partial charge in [0.15, 0.2) is 0 Å². The number of benzene rings is 1. The summed E-state index contributed by atoms with van der Waals surface area (Å²) in [6.07, 6.45) is 4.24. The van der Waals surface area contributed by atoms with Crippen molar-refractivity contribution in [3.05, 3.63) is 23.8 Å². The van der Waals surface area contributed by atoms with Crippen molar-refractivity contribution in [2.75, 3.05) is 29.2 Å². The second-order valence-electron chi connectivity index (χ2n) is 5.44. The van der Waals surface area contributed by atoms with Gasteiger partial charge in [-0.1, -0.05) is 6.07 Å². The maximum absolute atomic E-state index is 11.9. The van der Waals surface area contributed by atoms with Gasteiger partial charge in [-0.05, 0) is 49.6 Å². The molecule has 1 heterocycles. The number of amides is 1. The van der Waals surface area contributed by atoms with E-state index in [0.29, 0.717) is 18.2 Å². The zero-order valence-electron chi connectivity index (χ0n) is 12.6. The Morgan fingerprint density at radius 2 is 2.38 bits per heavy atom. The second-order valence-corrected chi connectivity index (χ2v) is 6.59. The highest BCUT2D eigenvalue weighted by atomic mass is 32.2. The molecule has 2 rings (SSSR count). The summed E-state index contributed by atoms with van der Waals surface area (Å²) in [5.74, 6) is 2.11. The number of nitrogens with one attached hydrogen (secondary N) is 1. The fraction of sp³-hybridized carbons (Fsp3) is 0.562. The van der Waals surface area contributed by atoms with Crippen LogP contribution in [0, 0.1) is 6.92 Å². The lowest BCUT2D eigenvalue weighted by Gasteiger charge is -2.10. The van der Waals surface area contributed by atoms with Gasteiger partial charge in [-0.3, -0.25) is 4.79 Å². The van der Waals surface area contributed by atoms with Gasteiger partial charge in [0.25, 0.3) is 0 Å². The highest BCUT2D eigenvalue weighted by Crippen LogP contribution is 2.20. The SMILES string of the molecule is Cc1ccc(N)cc1NC(=O)CCCSCC1CCCO1. The number of aryl methyl sites for hydroxylation is 1. The molecule has 1 aromatic carbocycles. The van der Waals surface area contributed by atoms with Gasteiger partial charge in [-0.2, -0.15) is 11.8 Å². The smallest absolute Gasteiger partial charge is 0.224 e. The van der Waals surface area contributed by atoms with E-state index >= 15 is 0 Å². The number of anilines is 2. The standard InChI is InChI=1S/C16H24N2O2S/c1-12-6-7-13(17)10-15(12)18-16(19)5-3-9-21-11-14-4-2-8-20-14/h6-7,10,14H,2-5,8-9,11,17H2,1H3,(H,18,19). The van der Waals surface area contributed by atoms with Crippen LogP contribution in [-0.2, 0) is 9.53 Å². The third-order valence-corrected chi connectivity index (χ3v) is 4.74. The minimum absolute atomic E-state index is 0.0569. The van der Waals surface area contributed by atoms with Gasteiger partial charge < -0.3 is 15.8 Å². The molecule has 0 radical (unpaired) electrons. The van der Waals surface area contributed by atoms with Crippen molar-refractivity contribution < 1.29 is 9.53 Å². The summed E-state index contributed by atoms with van der Waals surface area (Å²) in [6, 6.07) is 5.56. The van der Waals surface area contributed by atoms with Crippen LogP contribution in [0.25, 0.3) is 0 Å². The molecule has 1 unspecified atom stereocenters. The molecular formula is C16H24N2O2S. The van der Waals surface area contributed by atoms with E-state index in [-0.39, 0.29) is 5.91 Å². The van der Waals surface area contributed by atoms with Crippen LogP contribution >= 0.6 is 11.8 Å². The lowest BCUT2D eigenvalue weighted by Crippen LogP contribution is -2.13. The average Bonchev–Trinajstić information content (AvgIpc) is 2.96. The van der Waals surface area contributed by atoms with Gasteiger partial charge in [-0.15, -0.1) is 0 Å². The Kier molecular flexibility index (Phi) is 6.39. The molecule has 0 aromatic heterocycles. The van der Waals surface area contributed by atoms with Crippen LogP contribution in [0.5, 0.6) is 0 Å². The molecule has 1 saturated heterocycles. The molecule has 21 heavy (non-hydrogen) atoms. The van der Waals surface area contributed by atoms with E-state index < -0.39 is 0 Å². The molecule has 3 N–H and O–H groups in total. The van der Waals surface area contributed by atoms with Crippen molar-refractivity contribution in [1.82, 2.24) is 0 Å². The van der Waals surface area contributed by atoms with Crippen LogP contribution in [0.3, 0.4) is 0 Å². The predicted molar refractivity (Wildman–Crippen MR) is 89.8 cm³/mol. The normalized spacial score (nSPS) is 17.9. The molecule has 0 aliphatic carbocycles. The monoisotopic (exact) mass is 308 g/mol. The highest BCUT2D eigenvalue weighted by molar-refractivity contribution is 7.99. The first-order valence-corrected chi connectivity index (χ1v) is 8.66. The maximum Gasteiger partial charge on any atom is 0.224 e. The van der Waals surface area contributed by atoms with Crippen LogP contribution in [-0.4, -0.2) is 30.1 Å². The summed E-state index contributed by atoms with van der Waals surface area (Å²) in [6.45, 7) is 2.87. The maximum atomic E-state index is 11.9. The largest absolute Gasteiger partial charge is 0.399 e. The molecule has 1 aromatic rings. The summed E-state index contributed by atoms with van der Waals surface area (Å²) in [7, 11) is 0. The number of carbonyl (C=O) groups is 1. The summed E-state index contributed by atoms with van der Waals surface area (Å²) < 4.78 is 5.57. The van der Waals surface area contributed by atoms with E-state index in [1.54, 1.807) is 6.07 Å². The molecule has 0 bridgehead atoms. The summed E-state index contributed by atoms with van der Waals surface area (Å²) in [5, 5.41) is 2.93. The molecule has 1 fully saturated rings. The Balaban J connectivity index is 1.62. The minimum Gasteiger partial charge on any atom is -0.399 e. The van der Waals surface area contributed by atoms with E-state index in [2.05, 4.69) is 5.32 Å². The number of rotatable bonds is 7. The van der Waals surface area contributed by atoms with Crippen LogP contribution in [0.1, 0.15) is 31.2 Å². The molecule has 1 aliphatic rings. The van der Waals surface area contributed by atoms with E-state index in [9.17, 15) is 4.79 Å². The number of thioether (sulfide) groups is 1. The van der Waals surface area contributed by atoms with Crippen molar-refractivity contribution in [2.45, 2.75) is 38.7 Å². The Bertz CT molecular complexity index is 473. The average molecular weight is 308 g/mol. The first-order valence-electron chi connectivity index (χ1n) is 7.50. The molecule has 5 heteroatoms. The fourth-order valence-corrected chi connectivity index (χ4v) is 3.35. The molecule has 116 valence electrons. The van der Waals surface area contributed by atoms with Crippen molar-refractivity contribution in [3.63, 3.8) is 0 Å². The quantitative estimate of drug-likeness (QED) is 0.600. The predicted octanol–water partition coefficient (Wildman–Crippen LogP) is 3.21. The lowest BCUT2D eigenvalue weighted by atomic mass is 10.1. The van der Waals surface area contributed by atoms with Gasteiger partial charge in [0, 0.05) is 30.2 Å². The summed E-state index contributed by atoms with van der Waals surface area (Å²) in [5.41, 5.74) is 8.25. The number of carbonyl (C=O) groups excluding carboxylic acids is 1. The van der Waals surface area contributed by atoms with Crippen LogP contribution < -0.4 is 11.1 Å². The number of ether oxygens (including phenoxy) is 1. The Hall–Kier alpha value is -1.20. The van der Waals surface area contributed by atoms with Gasteiger partial charge >= 0.3 is 0 Å². The van der Waals surface area contributed by atoms with Crippen LogP contribution in [0.15, 0.2) is 18.2 Å². The second kappa shape index (κ2) is 8.29. The van der Waals surface area contributed by atoms with Crippen molar-refractivity contribution in [3.8, 4) is 0 Å². The topological polar surface area (TPSA) is 64.3 Å². The summed E-state index contributed by atoms with van der Waals surface area (Å²) in [4.78, 5) is 11.9. The third-order valence-electron chi connectivity index (χ3n) is 3.56. The van der Waals surface area contributed by atoms with Gasteiger partial charge in [0.1, 0.15) is 0 Å². The zero-order chi connectivity index (χ0) is 15.1. The Morgan fingerprint density at radius 3 is 3.14 bits per heavy atom. The highest BCUT2D eigenvalue weighted by Gasteiger charge is 2.14. The number of nitrogen functional groups attached to an aromatic ring is 1. The van der Waals surface area contributed by atoms with Gasteiger partial charge in [-0.25, -0.2) is 0 Å².